The van der Waals surface area contributed by atoms with Crippen LogP contribution in [0.1, 0.15) is 43.4 Å². The van der Waals surface area contributed by atoms with Crippen molar-refractivity contribution in [3.63, 3.8) is 0 Å². The van der Waals surface area contributed by atoms with Crippen molar-refractivity contribution in [3.8, 4) is 11.5 Å². The first kappa shape index (κ1) is 23.7. The molecule has 1 heterocycles. The first-order chi connectivity index (χ1) is 16.9. The molecular weight excluding hydrogens is 454 g/mol. The van der Waals surface area contributed by atoms with E-state index in [4.69, 9.17) is 14.7 Å². The summed E-state index contributed by atoms with van der Waals surface area (Å²) in [5.41, 5.74) is 4.58. The van der Waals surface area contributed by atoms with Gasteiger partial charge in [0.05, 0.1) is 25.2 Å². The fraction of sp³-hybridized carbons (Fsp3) is 0.200. The van der Waals surface area contributed by atoms with E-state index in [-0.39, 0.29) is 17.2 Å². The van der Waals surface area contributed by atoms with E-state index in [1.165, 1.54) is 43.5 Å². The summed E-state index contributed by atoms with van der Waals surface area (Å²) < 4.78 is 10.9. The van der Waals surface area contributed by atoms with Crippen LogP contribution in [-0.2, 0) is 6.42 Å². The number of hydrogen-bond acceptors (Lipinski definition) is 7. The molecule has 1 aliphatic heterocycles. The second-order valence-corrected chi connectivity index (χ2v) is 7.92. The van der Waals surface area contributed by atoms with Crippen LogP contribution in [0.25, 0.3) is 0 Å². The molecule has 10 nitrogen and oxygen atoms in total. The van der Waals surface area contributed by atoms with E-state index >= 15 is 0 Å². The van der Waals surface area contributed by atoms with Gasteiger partial charge in [-0.05, 0) is 71.6 Å². The highest BCUT2D eigenvalue weighted by Gasteiger charge is 2.34. The van der Waals surface area contributed by atoms with E-state index < -0.39 is 16.9 Å². The number of nitro groups is 1. The van der Waals surface area contributed by atoms with Gasteiger partial charge >= 0.3 is 0 Å². The van der Waals surface area contributed by atoms with Gasteiger partial charge in [-0.25, -0.2) is 5.48 Å². The van der Waals surface area contributed by atoms with Gasteiger partial charge < -0.3 is 14.4 Å². The zero-order chi connectivity index (χ0) is 25.1. The Morgan fingerprint density at radius 2 is 1.60 bits per heavy atom. The van der Waals surface area contributed by atoms with E-state index in [9.17, 15) is 19.7 Å². The van der Waals surface area contributed by atoms with Crippen molar-refractivity contribution in [1.29, 1.82) is 0 Å². The molecule has 1 unspecified atom stereocenters. The largest absolute Gasteiger partial charge is 0.493 e. The quantitative estimate of drug-likeness (QED) is 0.315. The van der Waals surface area contributed by atoms with Gasteiger partial charge in [0, 0.05) is 29.8 Å². The second-order valence-electron chi connectivity index (χ2n) is 7.92. The molecule has 0 radical (unpaired) electrons. The van der Waals surface area contributed by atoms with Crippen LogP contribution in [0.2, 0.25) is 0 Å². The van der Waals surface area contributed by atoms with Crippen LogP contribution in [0.15, 0.2) is 60.7 Å². The average molecular weight is 477 g/mol. The number of methoxy groups -OCH3 is 2. The zero-order valence-electron chi connectivity index (χ0n) is 19.1. The van der Waals surface area contributed by atoms with Crippen molar-refractivity contribution in [2.45, 2.75) is 12.5 Å². The number of hydrogen-bond donors (Lipinski definition) is 2. The molecule has 0 fully saturated rings. The Balaban J connectivity index is 1.79. The van der Waals surface area contributed by atoms with Gasteiger partial charge in [-0.3, -0.25) is 24.9 Å². The fourth-order valence-corrected chi connectivity index (χ4v) is 4.30. The molecule has 180 valence electrons. The Morgan fingerprint density at radius 3 is 2.17 bits per heavy atom. The molecule has 1 atom stereocenters. The summed E-state index contributed by atoms with van der Waals surface area (Å²) in [7, 11) is 3.08. The third-order valence-corrected chi connectivity index (χ3v) is 6.05. The molecule has 0 saturated carbocycles. The molecule has 0 spiro atoms. The average Bonchev–Trinajstić information content (AvgIpc) is 2.90. The van der Waals surface area contributed by atoms with Gasteiger partial charge in [-0.2, -0.15) is 0 Å². The van der Waals surface area contributed by atoms with Crippen LogP contribution in [0.3, 0.4) is 0 Å². The molecule has 3 aromatic rings. The van der Waals surface area contributed by atoms with Crippen molar-refractivity contribution < 1.29 is 29.2 Å². The number of rotatable bonds is 6. The lowest BCUT2D eigenvalue weighted by Gasteiger charge is -2.38. The van der Waals surface area contributed by atoms with Crippen molar-refractivity contribution >= 4 is 17.5 Å². The van der Waals surface area contributed by atoms with Crippen LogP contribution < -0.4 is 15.0 Å². The Morgan fingerprint density at radius 1 is 1.00 bits per heavy atom. The normalized spacial score (nSPS) is 14.6. The van der Waals surface area contributed by atoms with Crippen LogP contribution in [0, 0.1) is 10.1 Å². The molecule has 0 saturated heterocycles. The summed E-state index contributed by atoms with van der Waals surface area (Å²) in [6.07, 6.45) is 0.565. The number of benzene rings is 3. The third kappa shape index (κ3) is 4.51. The molecule has 35 heavy (non-hydrogen) atoms. The zero-order valence-corrected chi connectivity index (χ0v) is 19.1. The SMILES string of the molecule is COc1cc2c(cc1OC)C(c1ccc([N+](=O)[O-])cc1)N(C(=O)c1ccc(C(=O)NO)cc1)CC2. The van der Waals surface area contributed by atoms with Crippen molar-refractivity contribution in [2.75, 3.05) is 20.8 Å². The van der Waals surface area contributed by atoms with Gasteiger partial charge in [-0.1, -0.05) is 0 Å². The maximum Gasteiger partial charge on any atom is 0.274 e. The van der Waals surface area contributed by atoms with E-state index in [0.29, 0.717) is 35.6 Å². The predicted octanol–water partition coefficient (Wildman–Crippen LogP) is 3.52. The van der Waals surface area contributed by atoms with E-state index in [2.05, 4.69) is 0 Å². The summed E-state index contributed by atoms with van der Waals surface area (Å²) in [6.45, 7) is 0.391. The lowest BCUT2D eigenvalue weighted by molar-refractivity contribution is -0.384. The van der Waals surface area contributed by atoms with Crippen molar-refractivity contribution in [2.24, 2.45) is 0 Å². The summed E-state index contributed by atoms with van der Waals surface area (Å²) in [5.74, 6) is 0.128. The van der Waals surface area contributed by atoms with Crippen LogP contribution in [0.5, 0.6) is 11.5 Å². The highest BCUT2D eigenvalue weighted by atomic mass is 16.6. The van der Waals surface area contributed by atoms with E-state index in [1.807, 2.05) is 12.1 Å². The predicted molar refractivity (Wildman–Crippen MR) is 125 cm³/mol. The standard InChI is InChI=1S/C25H23N3O7/c1-34-21-13-18-11-12-27(25(30)17-5-3-16(4-6-17)24(29)26-31)23(20(18)14-22(21)35-2)15-7-9-19(10-8-15)28(32)33/h3-10,13-14,23,31H,11-12H2,1-2H3,(H,26,29). The van der Waals surface area contributed by atoms with Gasteiger partial charge in [0.25, 0.3) is 17.5 Å². The second kappa shape index (κ2) is 9.82. The maximum absolute atomic E-state index is 13.6. The molecule has 3 aromatic carbocycles. The van der Waals surface area contributed by atoms with E-state index in [0.717, 1.165) is 11.1 Å². The lowest BCUT2D eigenvalue weighted by Crippen LogP contribution is -2.40. The van der Waals surface area contributed by atoms with Gasteiger partial charge in [0.1, 0.15) is 0 Å². The Bertz CT molecular complexity index is 1270. The highest BCUT2D eigenvalue weighted by molar-refractivity contribution is 5.98. The Kier molecular flexibility index (Phi) is 6.65. The molecule has 2 amide bonds. The smallest absolute Gasteiger partial charge is 0.274 e. The van der Waals surface area contributed by atoms with Crippen LogP contribution in [-0.4, -0.2) is 47.6 Å². The topological polar surface area (TPSA) is 131 Å². The number of carbonyl (C=O) groups excluding carboxylic acids is 2. The minimum Gasteiger partial charge on any atom is -0.493 e. The number of amides is 2. The van der Waals surface area contributed by atoms with Gasteiger partial charge in [0.15, 0.2) is 11.5 Å². The molecule has 10 heteroatoms. The maximum atomic E-state index is 13.6. The number of ether oxygens (including phenoxy) is 2. The first-order valence-corrected chi connectivity index (χ1v) is 10.7. The molecule has 4 rings (SSSR count). The monoisotopic (exact) mass is 477 g/mol. The van der Waals surface area contributed by atoms with Gasteiger partial charge in [0.2, 0.25) is 0 Å². The Hall–Kier alpha value is -4.44. The number of nitro benzene ring substituents is 1. The number of non-ortho nitro benzene ring substituents is 1. The van der Waals surface area contributed by atoms with E-state index in [1.54, 1.807) is 29.6 Å². The Labute approximate surface area is 200 Å². The minimum absolute atomic E-state index is 0.0484. The summed E-state index contributed by atoms with van der Waals surface area (Å²) in [6, 6.07) is 15.2. The molecule has 1 aliphatic rings. The number of nitrogens with one attached hydrogen (secondary N) is 1. The summed E-state index contributed by atoms with van der Waals surface area (Å²) in [4.78, 5) is 37.6. The fourth-order valence-electron chi connectivity index (χ4n) is 4.30. The molecule has 0 aromatic heterocycles. The number of nitrogens with zero attached hydrogens (tertiary/aromatic N) is 2. The number of hydroxylamine groups is 1. The summed E-state index contributed by atoms with van der Waals surface area (Å²) >= 11 is 0. The minimum atomic E-state index is -0.680. The lowest BCUT2D eigenvalue weighted by atomic mass is 9.87. The molecule has 0 bridgehead atoms. The number of fused-ring (bicyclic) bond motifs is 1. The highest BCUT2D eigenvalue weighted by Crippen LogP contribution is 2.41. The van der Waals surface area contributed by atoms with Crippen LogP contribution >= 0.6 is 0 Å². The van der Waals surface area contributed by atoms with Crippen molar-refractivity contribution in [3.05, 3.63) is 98.6 Å². The molecule has 2 N–H and O–H groups in total. The van der Waals surface area contributed by atoms with Crippen molar-refractivity contribution in [1.82, 2.24) is 10.4 Å². The molecule has 0 aliphatic carbocycles. The first-order valence-electron chi connectivity index (χ1n) is 10.7. The summed E-state index contributed by atoms with van der Waals surface area (Å²) in [5, 5.41) is 20.0. The number of carbonyl (C=O) groups is 2. The van der Waals surface area contributed by atoms with Gasteiger partial charge in [-0.15, -0.1) is 0 Å². The molecular formula is C25H23N3O7. The van der Waals surface area contributed by atoms with Crippen LogP contribution in [0.4, 0.5) is 5.69 Å². The third-order valence-electron chi connectivity index (χ3n) is 6.05.